The van der Waals surface area contributed by atoms with Crippen LogP contribution in [0.1, 0.15) is 61.9 Å². The lowest BCUT2D eigenvalue weighted by Crippen LogP contribution is -2.50. The van der Waals surface area contributed by atoms with Crippen molar-refractivity contribution >= 4 is 23.5 Å². The van der Waals surface area contributed by atoms with E-state index >= 15 is 0 Å². The summed E-state index contributed by atoms with van der Waals surface area (Å²) in [5.74, 6) is -1.65. The van der Waals surface area contributed by atoms with Crippen molar-refractivity contribution in [3.8, 4) is 0 Å². The fraction of sp³-hybridized carbons (Fsp3) is 0.600. The summed E-state index contributed by atoms with van der Waals surface area (Å²) in [7, 11) is 0. The first-order valence-electron chi connectivity index (χ1n) is 9.88. The molecular formula is C20H27N3O5. The highest BCUT2D eigenvalue weighted by Crippen LogP contribution is 2.42. The average Bonchev–Trinajstić information content (AvgIpc) is 3.33. The van der Waals surface area contributed by atoms with Gasteiger partial charge in [-0.15, -0.1) is 0 Å². The monoisotopic (exact) mass is 389 g/mol. The van der Waals surface area contributed by atoms with Crippen molar-refractivity contribution in [1.82, 2.24) is 10.2 Å². The molecule has 3 amide bonds. The number of carbonyl (C=O) groups is 4. The molecule has 0 spiro atoms. The highest BCUT2D eigenvalue weighted by Gasteiger charge is 2.42. The van der Waals surface area contributed by atoms with E-state index in [1.807, 2.05) is 0 Å². The van der Waals surface area contributed by atoms with Crippen LogP contribution in [0.5, 0.6) is 0 Å². The maximum atomic E-state index is 13.1. The number of nitrogens with zero attached hydrogens (tertiary/aromatic N) is 1. The molecule has 1 atom stereocenters. The van der Waals surface area contributed by atoms with Crippen LogP contribution in [0.25, 0.3) is 0 Å². The van der Waals surface area contributed by atoms with Gasteiger partial charge in [0, 0.05) is 11.8 Å². The molecule has 1 aromatic rings. The number of primary amides is 1. The number of Topliss-reactive ketones (excluding diaryl/α,β-unsaturated/α-hetero) is 1. The molecule has 1 saturated carbocycles. The fourth-order valence-corrected chi connectivity index (χ4v) is 4.27. The van der Waals surface area contributed by atoms with Gasteiger partial charge in [-0.05, 0) is 50.8 Å². The van der Waals surface area contributed by atoms with Gasteiger partial charge in [-0.1, -0.05) is 12.8 Å². The van der Waals surface area contributed by atoms with E-state index in [0.29, 0.717) is 38.6 Å². The molecule has 152 valence electrons. The minimum Gasteiger partial charge on any atom is -0.459 e. The molecule has 1 aliphatic carbocycles. The molecule has 3 rings (SSSR count). The second kappa shape index (κ2) is 8.68. The zero-order valence-electron chi connectivity index (χ0n) is 15.9. The van der Waals surface area contributed by atoms with Crippen molar-refractivity contribution < 1.29 is 23.6 Å². The number of hydrogen-bond donors (Lipinski definition) is 2. The summed E-state index contributed by atoms with van der Waals surface area (Å²) in [6.07, 6.45) is 5.85. The van der Waals surface area contributed by atoms with E-state index in [1.54, 1.807) is 6.07 Å². The molecule has 0 radical (unpaired) electrons. The summed E-state index contributed by atoms with van der Waals surface area (Å²) in [5.41, 5.74) is 4.92. The van der Waals surface area contributed by atoms with Crippen LogP contribution in [0.2, 0.25) is 0 Å². The molecule has 1 saturated heterocycles. The quantitative estimate of drug-likeness (QED) is 0.758. The minimum absolute atomic E-state index is 0.00734. The van der Waals surface area contributed by atoms with E-state index in [1.165, 1.54) is 12.3 Å². The Labute approximate surface area is 163 Å². The summed E-state index contributed by atoms with van der Waals surface area (Å²) in [5, 5.41) is 3.01. The van der Waals surface area contributed by atoms with Crippen molar-refractivity contribution in [3.63, 3.8) is 0 Å². The minimum atomic E-state index is -0.826. The Hall–Kier alpha value is -2.48. The predicted octanol–water partition coefficient (Wildman–Crippen LogP) is 1.40. The topological polar surface area (TPSA) is 123 Å². The van der Waals surface area contributed by atoms with Crippen molar-refractivity contribution in [2.45, 2.75) is 57.4 Å². The Morgan fingerprint density at radius 1 is 1.25 bits per heavy atom. The second-order valence-corrected chi connectivity index (χ2v) is 7.70. The van der Waals surface area contributed by atoms with Crippen LogP contribution in [0.3, 0.4) is 0 Å². The second-order valence-electron chi connectivity index (χ2n) is 7.70. The first-order chi connectivity index (χ1) is 13.4. The average molecular weight is 389 g/mol. The van der Waals surface area contributed by atoms with Gasteiger partial charge in [0.05, 0.1) is 18.8 Å². The Kier molecular flexibility index (Phi) is 6.28. The highest BCUT2D eigenvalue weighted by atomic mass is 16.3. The van der Waals surface area contributed by atoms with Crippen molar-refractivity contribution in [1.29, 1.82) is 0 Å². The molecule has 0 unspecified atom stereocenters. The molecule has 1 aliphatic heterocycles. The number of nitrogens with two attached hydrogens (primary N) is 1. The third-order valence-corrected chi connectivity index (χ3v) is 5.93. The number of rotatable bonds is 6. The number of carbonyl (C=O) groups excluding carboxylic acids is 4. The van der Waals surface area contributed by atoms with Gasteiger partial charge in [0.25, 0.3) is 5.91 Å². The van der Waals surface area contributed by atoms with Gasteiger partial charge >= 0.3 is 0 Å². The molecule has 1 aromatic heterocycles. The van der Waals surface area contributed by atoms with Crippen molar-refractivity contribution in [3.05, 3.63) is 24.2 Å². The molecule has 3 N–H and O–H groups in total. The number of amides is 3. The van der Waals surface area contributed by atoms with Gasteiger partial charge in [-0.2, -0.15) is 0 Å². The first kappa shape index (κ1) is 20.3. The number of imide groups is 1. The SMILES string of the molecule is NC(=O)C1(CCC(=O)N(C(=O)c2ccco2)[C@H]2CCCNCC2=O)CCCC1. The van der Waals surface area contributed by atoms with Gasteiger partial charge in [-0.3, -0.25) is 24.1 Å². The zero-order chi connectivity index (χ0) is 20.1. The van der Waals surface area contributed by atoms with Gasteiger partial charge < -0.3 is 15.5 Å². The van der Waals surface area contributed by atoms with Crippen molar-refractivity contribution in [2.75, 3.05) is 13.1 Å². The molecule has 2 fully saturated rings. The predicted molar refractivity (Wildman–Crippen MR) is 100 cm³/mol. The van der Waals surface area contributed by atoms with Gasteiger partial charge in [0.1, 0.15) is 0 Å². The zero-order valence-corrected chi connectivity index (χ0v) is 15.9. The number of hydrogen-bond acceptors (Lipinski definition) is 6. The summed E-state index contributed by atoms with van der Waals surface area (Å²) >= 11 is 0. The third-order valence-electron chi connectivity index (χ3n) is 5.93. The maximum Gasteiger partial charge on any atom is 0.296 e. The van der Waals surface area contributed by atoms with Gasteiger partial charge in [0.15, 0.2) is 11.5 Å². The maximum absolute atomic E-state index is 13.1. The Bertz CT molecular complexity index is 737. The lowest BCUT2D eigenvalue weighted by molar-refractivity contribution is -0.137. The van der Waals surface area contributed by atoms with E-state index in [0.717, 1.165) is 17.7 Å². The fourth-order valence-electron chi connectivity index (χ4n) is 4.27. The van der Waals surface area contributed by atoms with Crippen LogP contribution < -0.4 is 11.1 Å². The molecule has 28 heavy (non-hydrogen) atoms. The summed E-state index contributed by atoms with van der Waals surface area (Å²) in [6, 6.07) is 2.21. The van der Waals surface area contributed by atoms with Crippen LogP contribution in [-0.4, -0.2) is 47.5 Å². The lowest BCUT2D eigenvalue weighted by Gasteiger charge is -2.30. The third kappa shape index (κ3) is 4.16. The Balaban J connectivity index is 1.81. The summed E-state index contributed by atoms with van der Waals surface area (Å²) in [4.78, 5) is 51.6. The van der Waals surface area contributed by atoms with E-state index in [9.17, 15) is 19.2 Å². The van der Waals surface area contributed by atoms with Crippen LogP contribution in [0.15, 0.2) is 22.8 Å². The molecule has 8 nitrogen and oxygen atoms in total. The number of furan rings is 1. The molecule has 0 aromatic carbocycles. The van der Waals surface area contributed by atoms with E-state index in [-0.39, 0.29) is 24.5 Å². The normalized spacial score (nSPS) is 21.9. The Morgan fingerprint density at radius 2 is 2.00 bits per heavy atom. The largest absolute Gasteiger partial charge is 0.459 e. The molecule has 2 aliphatic rings. The van der Waals surface area contributed by atoms with Crippen LogP contribution in [0, 0.1) is 5.41 Å². The van der Waals surface area contributed by atoms with Crippen molar-refractivity contribution in [2.24, 2.45) is 11.1 Å². The van der Waals surface area contributed by atoms with Gasteiger partial charge in [-0.25, -0.2) is 0 Å². The summed E-state index contributed by atoms with van der Waals surface area (Å²) in [6.45, 7) is 0.773. The van der Waals surface area contributed by atoms with E-state index < -0.39 is 29.2 Å². The smallest absolute Gasteiger partial charge is 0.296 e. The highest BCUT2D eigenvalue weighted by molar-refractivity contribution is 6.07. The molecule has 0 bridgehead atoms. The van der Waals surface area contributed by atoms with Crippen LogP contribution in [0.4, 0.5) is 0 Å². The number of ketones is 1. The molecular weight excluding hydrogens is 362 g/mol. The van der Waals surface area contributed by atoms with Gasteiger partial charge in [0.2, 0.25) is 11.8 Å². The van der Waals surface area contributed by atoms with Crippen LogP contribution in [-0.2, 0) is 14.4 Å². The molecule has 8 heteroatoms. The Morgan fingerprint density at radius 3 is 2.64 bits per heavy atom. The molecule has 2 heterocycles. The lowest BCUT2D eigenvalue weighted by atomic mass is 9.80. The summed E-state index contributed by atoms with van der Waals surface area (Å²) < 4.78 is 5.18. The van der Waals surface area contributed by atoms with E-state index in [2.05, 4.69) is 5.32 Å². The first-order valence-corrected chi connectivity index (χ1v) is 9.88. The number of nitrogens with one attached hydrogen (secondary N) is 1. The van der Waals surface area contributed by atoms with E-state index in [4.69, 9.17) is 10.2 Å². The van der Waals surface area contributed by atoms with Crippen LogP contribution >= 0.6 is 0 Å². The standard InChI is InChI=1S/C20H27N3O5/c21-19(27)20(8-1-2-9-20)10-7-17(25)23(18(26)16-6-4-12-28-16)14-5-3-11-22-13-15(14)24/h4,6,12,14,22H,1-3,5,7-11,13H2,(H2,21,27)/t14-/m0/s1.